The molecule has 0 radical (unpaired) electrons. The monoisotopic (exact) mass is 286 g/mol. The highest BCUT2D eigenvalue weighted by atomic mass is 16.5. The van der Waals surface area contributed by atoms with Crippen LogP contribution < -0.4 is 5.32 Å². The normalized spacial score (nSPS) is 14.2. The number of ether oxygens (including phenoxy) is 1. The smallest absolute Gasteiger partial charge is 0.0725 e. The summed E-state index contributed by atoms with van der Waals surface area (Å²) in [6.45, 7) is 5.37. The second-order valence-corrected chi connectivity index (χ2v) is 5.44. The van der Waals surface area contributed by atoms with E-state index in [1.807, 2.05) is 12.1 Å². The van der Waals surface area contributed by atoms with Crippen LogP contribution in [0.2, 0.25) is 0 Å². The van der Waals surface area contributed by atoms with Gasteiger partial charge in [0.1, 0.15) is 0 Å². The van der Waals surface area contributed by atoms with Crippen molar-refractivity contribution >= 4 is 10.9 Å². The van der Waals surface area contributed by atoms with Crippen LogP contribution in [0, 0.1) is 0 Å². The molecule has 1 heterocycles. The van der Waals surface area contributed by atoms with Crippen LogP contribution in [0.3, 0.4) is 0 Å². The number of fused-ring (bicyclic) bond motifs is 1. The molecule has 3 heteroatoms. The molecule has 0 aliphatic heterocycles. The van der Waals surface area contributed by atoms with Gasteiger partial charge in [-0.3, -0.25) is 4.98 Å². The second kappa shape index (κ2) is 8.11. The molecule has 2 unspecified atom stereocenters. The van der Waals surface area contributed by atoms with E-state index in [2.05, 4.69) is 43.4 Å². The molecule has 3 nitrogen and oxygen atoms in total. The molecule has 0 bridgehead atoms. The predicted molar refractivity (Wildman–Crippen MR) is 88.6 cm³/mol. The van der Waals surface area contributed by atoms with Crippen molar-refractivity contribution < 1.29 is 4.74 Å². The number of nitrogens with zero attached hydrogens (tertiary/aromatic N) is 1. The molecule has 2 aromatic rings. The molecule has 1 aromatic heterocycles. The zero-order valence-corrected chi connectivity index (χ0v) is 13.3. The lowest BCUT2D eigenvalue weighted by Crippen LogP contribution is -2.42. The Morgan fingerprint density at radius 1 is 1.14 bits per heavy atom. The minimum absolute atomic E-state index is 0.227. The van der Waals surface area contributed by atoms with Gasteiger partial charge in [-0.15, -0.1) is 0 Å². The highest BCUT2D eigenvalue weighted by Gasteiger charge is 2.20. The van der Waals surface area contributed by atoms with Crippen molar-refractivity contribution in [2.75, 3.05) is 13.7 Å². The van der Waals surface area contributed by atoms with Gasteiger partial charge in [-0.1, -0.05) is 38.1 Å². The summed E-state index contributed by atoms with van der Waals surface area (Å²) in [4.78, 5) is 4.78. The van der Waals surface area contributed by atoms with Crippen molar-refractivity contribution in [3.05, 3.63) is 42.1 Å². The van der Waals surface area contributed by atoms with Gasteiger partial charge in [0.25, 0.3) is 0 Å². The van der Waals surface area contributed by atoms with Crippen LogP contribution in [-0.4, -0.2) is 30.8 Å². The molecule has 0 amide bonds. The number of hydrogen-bond acceptors (Lipinski definition) is 3. The highest BCUT2D eigenvalue weighted by Crippen LogP contribution is 2.15. The van der Waals surface area contributed by atoms with Crippen molar-refractivity contribution in [2.45, 2.75) is 45.3 Å². The Hall–Kier alpha value is -1.45. The lowest BCUT2D eigenvalue weighted by atomic mass is 10.0. The van der Waals surface area contributed by atoms with Gasteiger partial charge >= 0.3 is 0 Å². The maximum absolute atomic E-state index is 5.63. The van der Waals surface area contributed by atoms with Gasteiger partial charge in [0.15, 0.2) is 0 Å². The zero-order chi connectivity index (χ0) is 15.1. The van der Waals surface area contributed by atoms with E-state index in [0.717, 1.165) is 37.0 Å². The largest absolute Gasteiger partial charge is 0.380 e. The van der Waals surface area contributed by atoms with E-state index in [4.69, 9.17) is 9.72 Å². The van der Waals surface area contributed by atoms with Crippen molar-refractivity contribution in [3.63, 3.8) is 0 Å². The Morgan fingerprint density at radius 2 is 1.95 bits per heavy atom. The van der Waals surface area contributed by atoms with Gasteiger partial charge in [0.05, 0.1) is 11.6 Å². The van der Waals surface area contributed by atoms with Gasteiger partial charge < -0.3 is 10.1 Å². The highest BCUT2D eigenvalue weighted by molar-refractivity contribution is 5.78. The average Bonchev–Trinajstić information content (AvgIpc) is 2.53. The Morgan fingerprint density at radius 3 is 2.67 bits per heavy atom. The molecule has 0 aliphatic rings. The molecule has 2 atom stereocenters. The van der Waals surface area contributed by atoms with Gasteiger partial charge in [0, 0.05) is 30.7 Å². The Labute approximate surface area is 127 Å². The van der Waals surface area contributed by atoms with Crippen molar-refractivity contribution in [1.29, 1.82) is 0 Å². The first kappa shape index (κ1) is 15.9. The predicted octanol–water partition coefficient (Wildman–Crippen LogP) is 3.57. The quantitative estimate of drug-likeness (QED) is 0.805. The lowest BCUT2D eigenvalue weighted by Gasteiger charge is -2.26. The molecule has 1 aromatic carbocycles. The number of hydrogen-bond donors (Lipinski definition) is 1. The number of nitrogens with one attached hydrogen (secondary N) is 1. The van der Waals surface area contributed by atoms with Gasteiger partial charge in [0.2, 0.25) is 0 Å². The third-order valence-corrected chi connectivity index (χ3v) is 3.90. The Balaban J connectivity index is 2.16. The van der Waals surface area contributed by atoms with Crippen LogP contribution >= 0.6 is 0 Å². The van der Waals surface area contributed by atoms with Crippen LogP contribution in [0.1, 0.15) is 32.4 Å². The molecule has 0 aliphatic carbocycles. The Kier molecular flexibility index (Phi) is 6.15. The summed E-state index contributed by atoms with van der Waals surface area (Å²) in [5, 5.41) is 4.80. The first-order valence-electron chi connectivity index (χ1n) is 7.89. The summed E-state index contributed by atoms with van der Waals surface area (Å²) in [5.74, 6) is 0. The first-order chi connectivity index (χ1) is 10.3. The summed E-state index contributed by atoms with van der Waals surface area (Å²) in [7, 11) is 1.79. The van der Waals surface area contributed by atoms with Crippen LogP contribution in [-0.2, 0) is 11.2 Å². The Bertz CT molecular complexity index is 552. The summed E-state index contributed by atoms with van der Waals surface area (Å²) in [6.07, 6.45) is 3.26. The van der Waals surface area contributed by atoms with E-state index in [-0.39, 0.29) is 6.10 Å². The second-order valence-electron chi connectivity index (χ2n) is 5.44. The van der Waals surface area contributed by atoms with Gasteiger partial charge in [-0.05, 0) is 31.5 Å². The van der Waals surface area contributed by atoms with E-state index in [1.165, 1.54) is 5.39 Å². The molecule has 0 saturated heterocycles. The fourth-order valence-electron chi connectivity index (χ4n) is 2.73. The molecule has 0 saturated carbocycles. The fourth-order valence-corrected chi connectivity index (χ4v) is 2.73. The minimum atomic E-state index is 0.227. The summed E-state index contributed by atoms with van der Waals surface area (Å²) in [5.41, 5.74) is 2.19. The fraction of sp³-hybridized carbons (Fsp3) is 0.500. The number of para-hydroxylation sites is 1. The molecule has 1 N–H and O–H groups in total. The maximum Gasteiger partial charge on any atom is 0.0725 e. The maximum atomic E-state index is 5.63. The van der Waals surface area contributed by atoms with Gasteiger partial charge in [-0.2, -0.15) is 0 Å². The number of benzene rings is 1. The summed E-state index contributed by atoms with van der Waals surface area (Å²) >= 11 is 0. The van der Waals surface area contributed by atoms with E-state index >= 15 is 0 Å². The molecule has 21 heavy (non-hydrogen) atoms. The van der Waals surface area contributed by atoms with E-state index < -0.39 is 0 Å². The topological polar surface area (TPSA) is 34.2 Å². The number of pyridine rings is 1. The van der Waals surface area contributed by atoms with Crippen LogP contribution in [0.15, 0.2) is 36.4 Å². The third-order valence-electron chi connectivity index (χ3n) is 3.90. The van der Waals surface area contributed by atoms with E-state index in [0.29, 0.717) is 6.04 Å². The van der Waals surface area contributed by atoms with Crippen LogP contribution in [0.4, 0.5) is 0 Å². The van der Waals surface area contributed by atoms with E-state index in [9.17, 15) is 0 Å². The zero-order valence-electron chi connectivity index (χ0n) is 13.3. The van der Waals surface area contributed by atoms with Crippen molar-refractivity contribution in [2.24, 2.45) is 0 Å². The lowest BCUT2D eigenvalue weighted by molar-refractivity contribution is 0.0651. The minimum Gasteiger partial charge on any atom is -0.380 e. The van der Waals surface area contributed by atoms with Crippen LogP contribution in [0.25, 0.3) is 10.9 Å². The molecule has 0 spiro atoms. The number of methoxy groups -OCH3 is 1. The third kappa shape index (κ3) is 4.26. The number of rotatable bonds is 8. The van der Waals surface area contributed by atoms with Crippen molar-refractivity contribution in [3.8, 4) is 0 Å². The van der Waals surface area contributed by atoms with E-state index in [1.54, 1.807) is 7.11 Å². The molecule has 0 fully saturated rings. The number of aromatic nitrogens is 1. The summed E-state index contributed by atoms with van der Waals surface area (Å²) in [6, 6.07) is 12.9. The first-order valence-corrected chi connectivity index (χ1v) is 7.89. The molecule has 114 valence electrons. The van der Waals surface area contributed by atoms with Crippen molar-refractivity contribution in [1.82, 2.24) is 10.3 Å². The molecular weight excluding hydrogens is 260 g/mol. The van der Waals surface area contributed by atoms with Crippen LogP contribution in [0.5, 0.6) is 0 Å². The molecule has 2 rings (SSSR count). The SMILES string of the molecule is CCCNC(Cc1ccc2ccccc2n1)C(CC)OC. The summed E-state index contributed by atoms with van der Waals surface area (Å²) < 4.78 is 5.63. The molecular formula is C18H26N2O. The average molecular weight is 286 g/mol. The van der Waals surface area contributed by atoms with Gasteiger partial charge in [-0.25, -0.2) is 0 Å². The standard InChI is InChI=1S/C18H26N2O/c1-4-12-19-17(18(5-2)21-3)13-15-11-10-14-8-6-7-9-16(14)20-15/h6-11,17-19H,4-5,12-13H2,1-3H3.